The van der Waals surface area contributed by atoms with Gasteiger partial charge in [0.1, 0.15) is 30.6 Å². The van der Waals surface area contributed by atoms with Crippen molar-refractivity contribution in [1.29, 1.82) is 0 Å². The van der Waals surface area contributed by atoms with Crippen molar-refractivity contribution in [3.63, 3.8) is 0 Å². The van der Waals surface area contributed by atoms with Gasteiger partial charge >= 0.3 is 6.09 Å². The fourth-order valence-corrected chi connectivity index (χ4v) is 7.74. The summed E-state index contributed by atoms with van der Waals surface area (Å²) in [4.78, 5) is 31.8. The van der Waals surface area contributed by atoms with Crippen molar-refractivity contribution < 1.29 is 19.0 Å². The fourth-order valence-electron chi connectivity index (χ4n) is 7.74. The summed E-state index contributed by atoms with van der Waals surface area (Å²) in [5, 5.41) is 5.68. The molecule has 0 bridgehead atoms. The average molecular weight is 655 g/mol. The number of aromatic nitrogens is 4. The molecule has 2 fully saturated rings. The van der Waals surface area contributed by atoms with E-state index in [1.54, 1.807) is 12.0 Å². The molecule has 0 unspecified atom stereocenters. The van der Waals surface area contributed by atoms with Gasteiger partial charge in [-0.15, -0.1) is 0 Å². The van der Waals surface area contributed by atoms with Gasteiger partial charge in [0.2, 0.25) is 0 Å². The minimum Gasteiger partial charge on any atom is -0.488 e. The molecule has 1 amide bonds. The van der Waals surface area contributed by atoms with E-state index in [9.17, 15) is 4.79 Å². The normalized spacial score (nSPS) is 20.0. The Hall–Kier alpha value is -5.19. The Bertz CT molecular complexity index is 2180. The lowest BCUT2D eigenvalue weighted by molar-refractivity contribution is 0.0910. The molecule has 0 aliphatic carbocycles. The summed E-state index contributed by atoms with van der Waals surface area (Å²) >= 11 is 0. The highest BCUT2D eigenvalue weighted by molar-refractivity contribution is 6.07. The second-order valence-corrected chi connectivity index (χ2v) is 13.4. The van der Waals surface area contributed by atoms with Crippen LogP contribution in [0.4, 0.5) is 4.79 Å². The van der Waals surface area contributed by atoms with E-state index in [0.29, 0.717) is 19.1 Å². The maximum Gasteiger partial charge on any atom is 0.410 e. The van der Waals surface area contributed by atoms with Crippen molar-refractivity contribution in [3.8, 4) is 28.1 Å². The third-order valence-corrected chi connectivity index (χ3v) is 10.2. The van der Waals surface area contributed by atoms with E-state index in [1.165, 1.54) is 5.56 Å². The summed E-state index contributed by atoms with van der Waals surface area (Å²) in [6.45, 7) is 3.08. The highest BCUT2D eigenvalue weighted by atomic mass is 16.6. The highest BCUT2D eigenvalue weighted by Gasteiger charge is 2.34. The van der Waals surface area contributed by atoms with E-state index in [-0.39, 0.29) is 24.8 Å². The number of amides is 1. The molecular formula is C39H38N6O4. The third kappa shape index (κ3) is 5.50. The lowest BCUT2D eigenvalue weighted by Gasteiger charge is -2.22. The predicted octanol–water partition coefficient (Wildman–Crippen LogP) is 7.44. The van der Waals surface area contributed by atoms with Gasteiger partial charge in [0.25, 0.3) is 0 Å². The van der Waals surface area contributed by atoms with Gasteiger partial charge in [-0.1, -0.05) is 48.5 Å². The Morgan fingerprint density at radius 3 is 2.84 bits per heavy atom. The van der Waals surface area contributed by atoms with Gasteiger partial charge in [0.15, 0.2) is 0 Å². The molecule has 10 nitrogen and oxygen atoms in total. The van der Waals surface area contributed by atoms with Crippen molar-refractivity contribution in [3.05, 3.63) is 102 Å². The zero-order valence-electron chi connectivity index (χ0n) is 27.4. The quantitative estimate of drug-likeness (QED) is 0.164. The van der Waals surface area contributed by atoms with Crippen LogP contribution < -0.4 is 10.1 Å². The van der Waals surface area contributed by atoms with Crippen molar-refractivity contribution in [2.24, 2.45) is 5.92 Å². The molecule has 2 aromatic heterocycles. The van der Waals surface area contributed by atoms with Gasteiger partial charge in [0, 0.05) is 31.1 Å². The van der Waals surface area contributed by atoms with Gasteiger partial charge in [-0.2, -0.15) is 0 Å². The van der Waals surface area contributed by atoms with Crippen LogP contribution in [0.15, 0.2) is 79.0 Å². The molecule has 2 saturated heterocycles. The summed E-state index contributed by atoms with van der Waals surface area (Å²) in [7, 11) is 1.76. The number of rotatable bonds is 7. The molecule has 3 N–H and O–H groups in total. The summed E-state index contributed by atoms with van der Waals surface area (Å²) < 4.78 is 17.4. The Morgan fingerprint density at radius 2 is 1.94 bits per heavy atom. The van der Waals surface area contributed by atoms with Gasteiger partial charge in [-0.25, -0.2) is 14.8 Å². The van der Waals surface area contributed by atoms with Crippen LogP contribution in [0.25, 0.3) is 44.2 Å². The maximum absolute atomic E-state index is 13.1. The van der Waals surface area contributed by atoms with Gasteiger partial charge in [-0.05, 0) is 77.1 Å². The van der Waals surface area contributed by atoms with E-state index in [0.717, 1.165) is 99.6 Å². The molecule has 0 radical (unpaired) electrons. The second kappa shape index (κ2) is 12.4. The van der Waals surface area contributed by atoms with E-state index in [2.05, 4.69) is 57.7 Å². The monoisotopic (exact) mass is 654 g/mol. The first-order valence-corrected chi connectivity index (χ1v) is 17.1. The number of carbonyl (C=O) groups excluding carboxylic acids is 1. The first kappa shape index (κ1) is 29.9. The van der Waals surface area contributed by atoms with Crippen molar-refractivity contribution in [2.45, 2.75) is 44.6 Å². The van der Waals surface area contributed by atoms with Crippen LogP contribution in [-0.4, -0.2) is 57.7 Å². The number of benzene rings is 4. The number of ether oxygens (including phenoxy) is 3. The number of hydrogen-bond acceptors (Lipinski definition) is 7. The molecule has 10 heteroatoms. The number of nitrogens with one attached hydrogen (secondary N) is 3. The van der Waals surface area contributed by atoms with Gasteiger partial charge in [-0.3, -0.25) is 4.90 Å². The van der Waals surface area contributed by atoms with E-state index >= 15 is 0 Å². The molecule has 3 atom stereocenters. The number of hydrogen-bond donors (Lipinski definition) is 3. The number of likely N-dealkylation sites (tertiary alicyclic amines) is 1. The molecule has 0 saturated carbocycles. The van der Waals surface area contributed by atoms with Crippen molar-refractivity contribution in [1.82, 2.24) is 30.2 Å². The minimum atomic E-state index is -0.309. The van der Waals surface area contributed by atoms with Crippen LogP contribution >= 0.6 is 0 Å². The number of H-pyrrole nitrogens is 2. The smallest absolute Gasteiger partial charge is 0.410 e. The molecule has 4 aromatic carbocycles. The summed E-state index contributed by atoms with van der Waals surface area (Å²) in [5.74, 6) is 3.11. The number of nitrogens with zero attached hydrogens (tertiary/aromatic N) is 3. The molecule has 3 aliphatic heterocycles. The molecule has 248 valence electrons. The SMILES string of the molecule is COC[C@@H]1CN[C@H](c2ncc(-c3ccc4c(c3)COc3cc5c(ccc6[nH]c([C@@H]7CCCN7C(=O)OCc7ccccc7)nc65)cc3-4)[nH]2)C1. The topological polar surface area (TPSA) is 117 Å². The zero-order valence-corrected chi connectivity index (χ0v) is 27.4. The van der Waals surface area contributed by atoms with E-state index in [1.807, 2.05) is 36.5 Å². The van der Waals surface area contributed by atoms with Crippen LogP contribution in [0.5, 0.6) is 5.75 Å². The molecule has 5 heterocycles. The van der Waals surface area contributed by atoms with Crippen molar-refractivity contribution >= 4 is 27.9 Å². The third-order valence-electron chi connectivity index (χ3n) is 10.2. The Morgan fingerprint density at radius 1 is 1.02 bits per heavy atom. The zero-order chi connectivity index (χ0) is 32.9. The number of fused-ring (bicyclic) bond motifs is 6. The Kier molecular flexibility index (Phi) is 7.55. The largest absolute Gasteiger partial charge is 0.488 e. The van der Waals surface area contributed by atoms with Crippen LogP contribution in [0, 0.1) is 5.92 Å². The van der Waals surface area contributed by atoms with Crippen molar-refractivity contribution in [2.75, 3.05) is 26.8 Å². The van der Waals surface area contributed by atoms with Gasteiger partial charge in [0.05, 0.1) is 41.6 Å². The number of aromatic amines is 2. The van der Waals surface area contributed by atoms with E-state index < -0.39 is 0 Å². The molecular weight excluding hydrogens is 616 g/mol. The second-order valence-electron chi connectivity index (χ2n) is 13.4. The van der Waals surface area contributed by atoms with Crippen LogP contribution in [0.3, 0.4) is 0 Å². The first-order chi connectivity index (χ1) is 24.1. The summed E-state index contributed by atoms with van der Waals surface area (Å²) in [6, 6.07) is 24.9. The predicted molar refractivity (Wildman–Crippen MR) is 187 cm³/mol. The average Bonchev–Trinajstić information content (AvgIpc) is 3.96. The fraction of sp³-hybridized carbons (Fsp3) is 0.308. The Balaban J connectivity index is 0.965. The number of carbonyl (C=O) groups is 1. The van der Waals surface area contributed by atoms with Crippen LogP contribution in [0.2, 0.25) is 0 Å². The molecule has 3 aliphatic rings. The number of imidazole rings is 2. The first-order valence-electron chi connectivity index (χ1n) is 17.1. The summed E-state index contributed by atoms with van der Waals surface area (Å²) in [5.41, 5.74) is 8.26. The Labute approximate surface area is 283 Å². The van der Waals surface area contributed by atoms with Gasteiger partial charge < -0.3 is 29.5 Å². The van der Waals surface area contributed by atoms with E-state index in [4.69, 9.17) is 24.2 Å². The standard InChI is InChI=1S/C39H38N6O4/c1-47-20-24-14-32(40-18-24)37-41-19-33(43-37)26-9-11-28-27(15-26)22-48-35-17-29-25(16-30(28)35)10-12-31-36(29)44-38(42-31)34-8-5-13-45(34)39(46)49-21-23-6-3-2-4-7-23/h2-4,6-7,9-12,15-17,19,24,32,34,40H,5,8,13-14,18,20-22H2,1H3,(H,41,43)(H,42,44)/t24-,32-,34-/m0/s1. The summed E-state index contributed by atoms with van der Waals surface area (Å²) in [6.07, 6.45) is 4.37. The van der Waals surface area contributed by atoms with Crippen LogP contribution in [0.1, 0.15) is 54.1 Å². The lowest BCUT2D eigenvalue weighted by Crippen LogP contribution is -2.31. The molecule has 9 rings (SSSR count). The highest BCUT2D eigenvalue weighted by Crippen LogP contribution is 2.43. The minimum absolute atomic E-state index is 0.159. The number of methoxy groups -OCH3 is 1. The molecule has 0 spiro atoms. The maximum atomic E-state index is 13.1. The lowest BCUT2D eigenvalue weighted by atomic mass is 9.92. The molecule has 6 aromatic rings. The molecule has 49 heavy (non-hydrogen) atoms. The van der Waals surface area contributed by atoms with Crippen LogP contribution in [-0.2, 0) is 22.7 Å².